The standard InChI is InChI=1S/C25H23N3O/c29-24(25(15-16-25)19-11-5-2-6-12-19)28-22(17-18-9-3-1-4-10-18)23-26-20-13-7-8-14-21(20)27-23/h1-14,22H,15-17H2,(H,26,27)(H,28,29)/t22-/m0/s1. The Hall–Kier alpha value is -3.40. The maximum atomic E-state index is 13.4. The minimum atomic E-state index is -0.401. The van der Waals surface area contributed by atoms with Crippen molar-refractivity contribution in [2.45, 2.75) is 30.7 Å². The van der Waals surface area contributed by atoms with Gasteiger partial charge in [-0.05, 0) is 42.5 Å². The molecule has 0 spiro atoms. The van der Waals surface area contributed by atoms with Crippen LogP contribution in [0.15, 0.2) is 84.9 Å². The van der Waals surface area contributed by atoms with Gasteiger partial charge in [-0.3, -0.25) is 4.79 Å². The molecule has 0 radical (unpaired) electrons. The van der Waals surface area contributed by atoms with Gasteiger partial charge in [0, 0.05) is 0 Å². The highest BCUT2D eigenvalue weighted by atomic mass is 16.2. The Morgan fingerprint density at radius 2 is 1.59 bits per heavy atom. The molecule has 1 amide bonds. The van der Waals surface area contributed by atoms with E-state index < -0.39 is 5.41 Å². The summed E-state index contributed by atoms with van der Waals surface area (Å²) < 4.78 is 0. The number of amides is 1. The van der Waals surface area contributed by atoms with Crippen LogP contribution >= 0.6 is 0 Å². The van der Waals surface area contributed by atoms with E-state index in [9.17, 15) is 4.79 Å². The Morgan fingerprint density at radius 1 is 0.931 bits per heavy atom. The van der Waals surface area contributed by atoms with Crippen LogP contribution in [-0.4, -0.2) is 15.9 Å². The lowest BCUT2D eigenvalue weighted by molar-refractivity contribution is -0.124. The molecule has 1 aromatic heterocycles. The molecule has 1 aliphatic carbocycles. The van der Waals surface area contributed by atoms with E-state index in [2.05, 4.69) is 34.6 Å². The number of carbonyl (C=O) groups excluding carboxylic acids is 1. The normalized spacial score (nSPS) is 15.7. The SMILES string of the molecule is O=C(N[C@@H](Cc1ccccc1)c1nc2ccccc2[nH]1)C1(c2ccccc2)CC1. The van der Waals surface area contributed by atoms with E-state index in [1.165, 1.54) is 5.56 Å². The van der Waals surface area contributed by atoms with Crippen molar-refractivity contribution in [2.24, 2.45) is 0 Å². The van der Waals surface area contributed by atoms with Gasteiger partial charge in [-0.2, -0.15) is 0 Å². The quantitative estimate of drug-likeness (QED) is 0.509. The summed E-state index contributed by atoms with van der Waals surface area (Å²) in [6.07, 6.45) is 2.47. The molecule has 1 fully saturated rings. The molecule has 4 aromatic rings. The number of aromatic nitrogens is 2. The number of fused-ring (bicyclic) bond motifs is 1. The van der Waals surface area contributed by atoms with Crippen molar-refractivity contribution in [3.8, 4) is 0 Å². The second-order valence-electron chi connectivity index (χ2n) is 7.80. The fourth-order valence-corrected chi connectivity index (χ4v) is 4.03. The van der Waals surface area contributed by atoms with Crippen LogP contribution in [0, 0.1) is 0 Å². The molecular weight excluding hydrogens is 358 g/mol. The minimum absolute atomic E-state index is 0.0880. The Morgan fingerprint density at radius 3 is 2.28 bits per heavy atom. The smallest absolute Gasteiger partial charge is 0.231 e. The predicted molar refractivity (Wildman–Crippen MR) is 114 cm³/mol. The van der Waals surface area contributed by atoms with Crippen LogP contribution in [0.2, 0.25) is 0 Å². The maximum absolute atomic E-state index is 13.4. The van der Waals surface area contributed by atoms with Gasteiger partial charge in [-0.15, -0.1) is 0 Å². The molecule has 1 saturated carbocycles. The summed E-state index contributed by atoms with van der Waals surface area (Å²) in [6, 6.07) is 28.1. The number of nitrogens with one attached hydrogen (secondary N) is 2. The minimum Gasteiger partial charge on any atom is -0.345 e. The van der Waals surface area contributed by atoms with E-state index in [0.717, 1.165) is 35.3 Å². The summed E-state index contributed by atoms with van der Waals surface area (Å²) in [5.41, 5.74) is 3.77. The number of H-pyrrole nitrogens is 1. The number of nitrogens with zero attached hydrogens (tertiary/aromatic N) is 1. The van der Waals surface area contributed by atoms with Gasteiger partial charge in [0.25, 0.3) is 0 Å². The number of hydrogen-bond acceptors (Lipinski definition) is 2. The molecule has 4 nitrogen and oxygen atoms in total. The lowest BCUT2D eigenvalue weighted by atomic mass is 9.94. The van der Waals surface area contributed by atoms with Crippen molar-refractivity contribution in [1.29, 1.82) is 0 Å². The van der Waals surface area contributed by atoms with Crippen molar-refractivity contribution >= 4 is 16.9 Å². The summed E-state index contributed by atoms with van der Waals surface area (Å²) in [5.74, 6) is 0.886. The Kier molecular flexibility index (Phi) is 4.39. The molecule has 144 valence electrons. The van der Waals surface area contributed by atoms with E-state index in [-0.39, 0.29) is 11.9 Å². The number of rotatable bonds is 6. The van der Waals surface area contributed by atoms with Crippen LogP contribution in [-0.2, 0) is 16.6 Å². The van der Waals surface area contributed by atoms with Gasteiger partial charge in [-0.1, -0.05) is 72.8 Å². The average Bonchev–Trinajstić information content (AvgIpc) is 3.47. The van der Waals surface area contributed by atoms with E-state index in [4.69, 9.17) is 4.98 Å². The fourth-order valence-electron chi connectivity index (χ4n) is 4.03. The van der Waals surface area contributed by atoms with E-state index in [1.807, 2.05) is 60.7 Å². The Labute approximate surface area is 170 Å². The number of para-hydroxylation sites is 2. The second-order valence-corrected chi connectivity index (χ2v) is 7.80. The highest BCUT2D eigenvalue weighted by molar-refractivity contribution is 5.91. The summed E-state index contributed by atoms with van der Waals surface area (Å²) in [4.78, 5) is 21.5. The van der Waals surface area contributed by atoms with Crippen molar-refractivity contribution in [2.75, 3.05) is 0 Å². The zero-order chi connectivity index (χ0) is 19.7. The topological polar surface area (TPSA) is 57.8 Å². The molecule has 0 saturated heterocycles. The number of hydrogen-bond donors (Lipinski definition) is 2. The zero-order valence-corrected chi connectivity index (χ0v) is 16.1. The molecule has 1 aliphatic rings. The first-order chi connectivity index (χ1) is 14.2. The molecular formula is C25H23N3O. The highest BCUT2D eigenvalue weighted by Gasteiger charge is 2.51. The largest absolute Gasteiger partial charge is 0.345 e. The fraction of sp³-hybridized carbons (Fsp3) is 0.200. The van der Waals surface area contributed by atoms with Gasteiger partial charge in [-0.25, -0.2) is 4.98 Å². The van der Waals surface area contributed by atoms with Gasteiger partial charge in [0.2, 0.25) is 5.91 Å². The third-order valence-corrected chi connectivity index (χ3v) is 5.84. The van der Waals surface area contributed by atoms with E-state index in [1.54, 1.807) is 0 Å². The van der Waals surface area contributed by atoms with Gasteiger partial charge in [0.15, 0.2) is 0 Å². The molecule has 5 rings (SSSR count). The first-order valence-electron chi connectivity index (χ1n) is 10.1. The van der Waals surface area contributed by atoms with Gasteiger partial charge in [0.1, 0.15) is 5.82 Å². The number of imidazole rings is 1. The first kappa shape index (κ1) is 17.7. The van der Waals surface area contributed by atoms with Gasteiger partial charge >= 0.3 is 0 Å². The molecule has 0 aliphatic heterocycles. The summed E-state index contributed by atoms with van der Waals surface area (Å²) in [5, 5.41) is 3.31. The van der Waals surface area contributed by atoms with Crippen LogP contribution in [0.25, 0.3) is 11.0 Å². The van der Waals surface area contributed by atoms with Crippen LogP contribution in [0.5, 0.6) is 0 Å². The van der Waals surface area contributed by atoms with Gasteiger partial charge in [0.05, 0.1) is 22.5 Å². The molecule has 0 bridgehead atoms. The third kappa shape index (κ3) is 3.42. The molecule has 4 heteroatoms. The molecule has 3 aromatic carbocycles. The predicted octanol–water partition coefficient (Wildman–Crippen LogP) is 4.69. The lowest BCUT2D eigenvalue weighted by Gasteiger charge is -2.22. The molecule has 29 heavy (non-hydrogen) atoms. The van der Waals surface area contributed by atoms with Crippen molar-refractivity contribution in [1.82, 2.24) is 15.3 Å². The van der Waals surface area contributed by atoms with Gasteiger partial charge < -0.3 is 10.3 Å². The van der Waals surface area contributed by atoms with Crippen LogP contribution in [0.4, 0.5) is 0 Å². The zero-order valence-electron chi connectivity index (χ0n) is 16.1. The van der Waals surface area contributed by atoms with Crippen molar-refractivity contribution < 1.29 is 4.79 Å². The highest BCUT2D eigenvalue weighted by Crippen LogP contribution is 2.48. The summed E-state index contributed by atoms with van der Waals surface area (Å²) in [6.45, 7) is 0. The average molecular weight is 381 g/mol. The molecule has 0 unspecified atom stereocenters. The Bertz CT molecular complexity index is 1100. The molecule has 1 heterocycles. The monoisotopic (exact) mass is 381 g/mol. The second kappa shape index (κ2) is 7.21. The number of aromatic amines is 1. The van der Waals surface area contributed by atoms with Crippen molar-refractivity contribution in [3.63, 3.8) is 0 Å². The van der Waals surface area contributed by atoms with Crippen LogP contribution < -0.4 is 5.32 Å². The molecule has 1 atom stereocenters. The third-order valence-electron chi connectivity index (χ3n) is 5.84. The summed E-state index contributed by atoms with van der Waals surface area (Å²) in [7, 11) is 0. The van der Waals surface area contributed by atoms with E-state index >= 15 is 0 Å². The molecule has 2 N–H and O–H groups in total. The van der Waals surface area contributed by atoms with Crippen molar-refractivity contribution in [3.05, 3.63) is 102 Å². The Balaban J connectivity index is 1.46. The first-order valence-corrected chi connectivity index (χ1v) is 10.1. The summed E-state index contributed by atoms with van der Waals surface area (Å²) >= 11 is 0. The van der Waals surface area contributed by atoms with Crippen LogP contribution in [0.3, 0.4) is 0 Å². The number of carbonyl (C=O) groups is 1. The van der Waals surface area contributed by atoms with E-state index in [0.29, 0.717) is 6.42 Å². The maximum Gasteiger partial charge on any atom is 0.231 e. The number of benzene rings is 3. The lowest BCUT2D eigenvalue weighted by Crippen LogP contribution is -2.38. The van der Waals surface area contributed by atoms with Crippen LogP contribution in [0.1, 0.15) is 35.8 Å².